The maximum absolute atomic E-state index is 5.58. The third-order valence-electron chi connectivity index (χ3n) is 1.34. The van der Waals surface area contributed by atoms with Crippen molar-refractivity contribution in [2.45, 2.75) is 13.3 Å². The molecule has 0 aromatic heterocycles. The predicted octanol–water partition coefficient (Wildman–Crippen LogP) is 2.60. The molecule has 0 aliphatic rings. The number of hydrogen-bond donors (Lipinski definition) is 0. The van der Waals surface area contributed by atoms with Crippen molar-refractivity contribution in [3.8, 4) is 0 Å². The standard InChI is InChI=1S/C7H15Cl2N.ClH/c1-2-5-10(6-3-8)7-4-9;/h2-7H2,1H3;1H. The Morgan fingerprint density at radius 2 is 1.45 bits per heavy atom. The fourth-order valence-electron chi connectivity index (χ4n) is 0.891. The van der Waals surface area contributed by atoms with Gasteiger partial charge in [-0.3, -0.25) is 0 Å². The molecule has 0 atom stereocenters. The van der Waals surface area contributed by atoms with Gasteiger partial charge in [0.25, 0.3) is 0 Å². The first kappa shape index (κ1) is 14.4. The van der Waals surface area contributed by atoms with E-state index < -0.39 is 0 Å². The maximum Gasteiger partial charge on any atom is 0.0351 e. The number of nitrogens with zero attached hydrogens (tertiary/aromatic N) is 1. The Morgan fingerprint density at radius 3 is 1.73 bits per heavy atom. The van der Waals surface area contributed by atoms with E-state index >= 15 is 0 Å². The molecule has 4 heteroatoms. The summed E-state index contributed by atoms with van der Waals surface area (Å²) in [5, 5.41) is 0. The van der Waals surface area contributed by atoms with Crippen molar-refractivity contribution in [1.82, 2.24) is 4.90 Å². The van der Waals surface area contributed by atoms with Crippen molar-refractivity contribution >= 4 is 35.6 Å². The minimum Gasteiger partial charge on any atom is -0.301 e. The van der Waals surface area contributed by atoms with Crippen LogP contribution in [0.4, 0.5) is 0 Å². The first-order valence-electron chi connectivity index (χ1n) is 3.69. The van der Waals surface area contributed by atoms with Crippen LogP contribution in [0.2, 0.25) is 0 Å². The lowest BCUT2D eigenvalue weighted by molar-refractivity contribution is 0.308. The Morgan fingerprint density at radius 1 is 1.00 bits per heavy atom. The van der Waals surface area contributed by atoms with Crippen molar-refractivity contribution in [2.75, 3.05) is 31.4 Å². The van der Waals surface area contributed by atoms with Crippen molar-refractivity contribution in [3.05, 3.63) is 0 Å². The second-order valence-electron chi connectivity index (χ2n) is 2.22. The summed E-state index contributed by atoms with van der Waals surface area (Å²) in [7, 11) is 0. The highest BCUT2D eigenvalue weighted by Gasteiger charge is 1.99. The van der Waals surface area contributed by atoms with Crippen molar-refractivity contribution in [2.24, 2.45) is 0 Å². The molecule has 0 bridgehead atoms. The van der Waals surface area contributed by atoms with Crippen LogP contribution in [0.1, 0.15) is 13.3 Å². The molecule has 0 rings (SSSR count). The molecule has 0 saturated carbocycles. The average molecular weight is 221 g/mol. The highest BCUT2D eigenvalue weighted by molar-refractivity contribution is 6.18. The van der Waals surface area contributed by atoms with Gasteiger partial charge in [-0.1, -0.05) is 6.92 Å². The zero-order valence-corrected chi connectivity index (χ0v) is 9.18. The molecule has 0 saturated heterocycles. The van der Waals surface area contributed by atoms with E-state index in [0.29, 0.717) is 11.8 Å². The van der Waals surface area contributed by atoms with E-state index in [9.17, 15) is 0 Å². The van der Waals surface area contributed by atoms with E-state index in [1.807, 2.05) is 0 Å². The Labute approximate surface area is 85.4 Å². The molecule has 0 aliphatic carbocycles. The fraction of sp³-hybridized carbons (Fsp3) is 1.00. The lowest BCUT2D eigenvalue weighted by Crippen LogP contribution is -2.28. The van der Waals surface area contributed by atoms with Crippen molar-refractivity contribution in [1.29, 1.82) is 0 Å². The van der Waals surface area contributed by atoms with Crippen LogP contribution in [0.5, 0.6) is 0 Å². The highest BCUT2D eigenvalue weighted by Crippen LogP contribution is 1.93. The van der Waals surface area contributed by atoms with Crippen LogP contribution in [-0.2, 0) is 0 Å². The molecule has 0 radical (unpaired) electrons. The lowest BCUT2D eigenvalue weighted by atomic mass is 10.4. The van der Waals surface area contributed by atoms with Gasteiger partial charge in [0, 0.05) is 24.8 Å². The van der Waals surface area contributed by atoms with Crippen LogP contribution >= 0.6 is 35.6 Å². The molecule has 11 heavy (non-hydrogen) atoms. The summed E-state index contributed by atoms with van der Waals surface area (Å²) < 4.78 is 0. The van der Waals surface area contributed by atoms with Crippen LogP contribution in [-0.4, -0.2) is 36.3 Å². The second-order valence-corrected chi connectivity index (χ2v) is 2.98. The molecule has 0 unspecified atom stereocenters. The van der Waals surface area contributed by atoms with E-state index in [1.165, 1.54) is 6.42 Å². The number of halogens is 3. The molecule has 0 spiro atoms. The van der Waals surface area contributed by atoms with Gasteiger partial charge in [0.15, 0.2) is 0 Å². The van der Waals surface area contributed by atoms with Gasteiger partial charge < -0.3 is 4.90 Å². The van der Waals surface area contributed by atoms with Gasteiger partial charge >= 0.3 is 0 Å². The minimum atomic E-state index is 0. The molecule has 0 aromatic rings. The Kier molecular flexibility index (Phi) is 14.1. The summed E-state index contributed by atoms with van der Waals surface area (Å²) in [5.41, 5.74) is 0. The summed E-state index contributed by atoms with van der Waals surface area (Å²) in [5.74, 6) is 1.41. The van der Waals surface area contributed by atoms with E-state index in [-0.39, 0.29) is 12.4 Å². The molecule has 0 amide bonds. The Bertz CT molecular complexity index is 56.4. The normalized spacial score (nSPS) is 9.82. The monoisotopic (exact) mass is 219 g/mol. The quantitative estimate of drug-likeness (QED) is 0.622. The predicted molar refractivity (Wildman–Crippen MR) is 55.4 cm³/mol. The lowest BCUT2D eigenvalue weighted by Gasteiger charge is -2.18. The summed E-state index contributed by atoms with van der Waals surface area (Å²) in [6.07, 6.45) is 1.17. The van der Waals surface area contributed by atoms with Crippen LogP contribution < -0.4 is 0 Å². The summed E-state index contributed by atoms with van der Waals surface area (Å²) in [4.78, 5) is 2.28. The SMILES string of the molecule is CCCN(CCCl)CCCl.Cl. The number of hydrogen-bond acceptors (Lipinski definition) is 1. The summed E-state index contributed by atoms with van der Waals surface area (Å²) in [6, 6.07) is 0. The van der Waals surface area contributed by atoms with Gasteiger partial charge in [-0.15, -0.1) is 35.6 Å². The first-order chi connectivity index (χ1) is 4.85. The molecular formula is C7H16Cl3N. The summed E-state index contributed by atoms with van der Waals surface area (Å²) >= 11 is 11.2. The minimum absolute atomic E-state index is 0. The van der Waals surface area contributed by atoms with Crippen molar-refractivity contribution in [3.63, 3.8) is 0 Å². The number of rotatable bonds is 6. The van der Waals surface area contributed by atoms with Gasteiger partial charge in [-0.2, -0.15) is 0 Å². The third-order valence-corrected chi connectivity index (χ3v) is 1.68. The molecule has 0 aliphatic heterocycles. The zero-order chi connectivity index (χ0) is 7.82. The van der Waals surface area contributed by atoms with Gasteiger partial charge in [0.1, 0.15) is 0 Å². The van der Waals surface area contributed by atoms with Crippen LogP contribution in [0.3, 0.4) is 0 Å². The molecular weight excluding hydrogens is 204 g/mol. The van der Waals surface area contributed by atoms with Crippen LogP contribution in [0, 0.1) is 0 Å². The molecule has 0 fully saturated rings. The topological polar surface area (TPSA) is 3.24 Å². The van der Waals surface area contributed by atoms with Crippen LogP contribution in [0.25, 0.3) is 0 Å². The van der Waals surface area contributed by atoms with E-state index in [4.69, 9.17) is 23.2 Å². The largest absolute Gasteiger partial charge is 0.301 e. The first-order valence-corrected chi connectivity index (χ1v) is 4.76. The van der Waals surface area contributed by atoms with Gasteiger partial charge in [0.05, 0.1) is 0 Å². The zero-order valence-electron chi connectivity index (χ0n) is 6.85. The molecule has 1 nitrogen and oxygen atoms in total. The molecule has 0 heterocycles. The summed E-state index contributed by atoms with van der Waals surface area (Å²) in [6.45, 7) is 5.19. The molecule has 70 valence electrons. The highest BCUT2D eigenvalue weighted by atomic mass is 35.5. The fourth-order valence-corrected chi connectivity index (χ4v) is 1.37. The van der Waals surface area contributed by atoms with Gasteiger partial charge in [0.2, 0.25) is 0 Å². The van der Waals surface area contributed by atoms with E-state index in [0.717, 1.165) is 19.6 Å². The molecule has 0 aromatic carbocycles. The maximum atomic E-state index is 5.58. The second kappa shape index (κ2) is 10.8. The van der Waals surface area contributed by atoms with E-state index in [1.54, 1.807) is 0 Å². The Balaban J connectivity index is 0. The van der Waals surface area contributed by atoms with Crippen molar-refractivity contribution < 1.29 is 0 Å². The van der Waals surface area contributed by atoms with E-state index in [2.05, 4.69) is 11.8 Å². The van der Waals surface area contributed by atoms with Crippen LogP contribution in [0.15, 0.2) is 0 Å². The average Bonchev–Trinajstić information content (AvgIpc) is 1.90. The smallest absolute Gasteiger partial charge is 0.0351 e. The number of alkyl halides is 2. The van der Waals surface area contributed by atoms with Gasteiger partial charge in [-0.25, -0.2) is 0 Å². The van der Waals surface area contributed by atoms with Gasteiger partial charge in [-0.05, 0) is 13.0 Å². The third kappa shape index (κ3) is 8.74. The molecule has 0 N–H and O–H groups in total. The Hall–Kier alpha value is 0.830.